The van der Waals surface area contributed by atoms with Gasteiger partial charge in [-0.3, -0.25) is 0 Å². The van der Waals surface area contributed by atoms with E-state index >= 15 is 0 Å². The molecule has 3 heteroatoms. The van der Waals surface area contributed by atoms with E-state index in [9.17, 15) is 0 Å². The first-order valence-electron chi connectivity index (χ1n) is 6.17. The number of hydrogen-bond donors (Lipinski definition) is 1. The van der Waals surface area contributed by atoms with E-state index in [4.69, 9.17) is 5.26 Å². The predicted molar refractivity (Wildman–Crippen MR) is 68.5 cm³/mol. The highest BCUT2D eigenvalue weighted by atomic mass is 15.1. The van der Waals surface area contributed by atoms with E-state index in [1.807, 2.05) is 24.3 Å². The number of nitrogens with zero attached hydrogens (tertiary/aromatic N) is 2. The van der Waals surface area contributed by atoms with Crippen molar-refractivity contribution in [1.82, 2.24) is 10.2 Å². The minimum atomic E-state index is 0.759. The minimum absolute atomic E-state index is 0.759. The minimum Gasteiger partial charge on any atom is -0.312 e. The Morgan fingerprint density at radius 2 is 2.29 bits per heavy atom. The van der Waals surface area contributed by atoms with Crippen LogP contribution in [0.2, 0.25) is 0 Å². The Labute approximate surface area is 103 Å². The molecule has 1 aromatic carbocycles. The quantitative estimate of drug-likeness (QED) is 0.852. The highest BCUT2D eigenvalue weighted by Crippen LogP contribution is 2.13. The molecule has 0 aromatic heterocycles. The molecule has 0 saturated carbocycles. The molecule has 1 aromatic rings. The van der Waals surface area contributed by atoms with Gasteiger partial charge >= 0.3 is 0 Å². The zero-order valence-corrected chi connectivity index (χ0v) is 10.3. The molecule has 1 fully saturated rings. The van der Waals surface area contributed by atoms with Gasteiger partial charge in [0.2, 0.25) is 0 Å². The van der Waals surface area contributed by atoms with Crippen LogP contribution < -0.4 is 5.32 Å². The Bertz CT molecular complexity index is 408. The summed E-state index contributed by atoms with van der Waals surface area (Å²) in [6, 6.07) is 10.0. The van der Waals surface area contributed by atoms with Gasteiger partial charge < -0.3 is 10.2 Å². The second-order valence-corrected chi connectivity index (χ2v) is 4.82. The van der Waals surface area contributed by atoms with E-state index in [-0.39, 0.29) is 0 Å². The number of nitrogens with one attached hydrogen (secondary N) is 1. The summed E-state index contributed by atoms with van der Waals surface area (Å²) in [5.74, 6) is 0.759. The molecule has 3 nitrogen and oxygen atoms in total. The number of nitriles is 1. The Morgan fingerprint density at radius 1 is 1.47 bits per heavy atom. The van der Waals surface area contributed by atoms with E-state index in [1.165, 1.54) is 19.5 Å². The van der Waals surface area contributed by atoms with Gasteiger partial charge in [-0.25, -0.2) is 0 Å². The van der Waals surface area contributed by atoms with Gasteiger partial charge in [-0.05, 0) is 44.1 Å². The van der Waals surface area contributed by atoms with E-state index in [1.54, 1.807) is 0 Å². The third-order valence-electron chi connectivity index (χ3n) is 3.38. The normalized spacial score (nSPS) is 20.4. The molecule has 1 heterocycles. The molecule has 1 N–H and O–H groups in total. The van der Waals surface area contributed by atoms with Crippen molar-refractivity contribution < 1.29 is 0 Å². The summed E-state index contributed by atoms with van der Waals surface area (Å²) in [4.78, 5) is 2.37. The first kappa shape index (κ1) is 12.1. The smallest absolute Gasteiger partial charge is 0.0995 e. The Hall–Kier alpha value is -1.37. The van der Waals surface area contributed by atoms with Gasteiger partial charge in [0.1, 0.15) is 0 Å². The highest BCUT2D eigenvalue weighted by Gasteiger charge is 2.18. The van der Waals surface area contributed by atoms with Crippen LogP contribution in [0.15, 0.2) is 24.3 Å². The lowest BCUT2D eigenvalue weighted by Crippen LogP contribution is -2.25. The summed E-state index contributed by atoms with van der Waals surface area (Å²) < 4.78 is 0. The zero-order valence-electron chi connectivity index (χ0n) is 10.3. The summed E-state index contributed by atoms with van der Waals surface area (Å²) in [5.41, 5.74) is 1.88. The molecule has 1 aliphatic rings. The second kappa shape index (κ2) is 5.81. The number of hydrogen-bond acceptors (Lipinski definition) is 3. The van der Waals surface area contributed by atoms with Gasteiger partial charge in [0.15, 0.2) is 0 Å². The summed E-state index contributed by atoms with van der Waals surface area (Å²) in [7, 11) is 2.17. The summed E-state index contributed by atoms with van der Waals surface area (Å²) in [6.07, 6.45) is 1.28. The van der Waals surface area contributed by atoms with Crippen LogP contribution in [0.5, 0.6) is 0 Å². The van der Waals surface area contributed by atoms with Crippen molar-refractivity contribution >= 4 is 0 Å². The van der Waals surface area contributed by atoms with Crippen LogP contribution in [0.4, 0.5) is 0 Å². The Balaban J connectivity index is 1.80. The van der Waals surface area contributed by atoms with Crippen molar-refractivity contribution in [1.29, 1.82) is 5.26 Å². The van der Waals surface area contributed by atoms with Crippen LogP contribution in [0, 0.1) is 17.2 Å². The maximum Gasteiger partial charge on any atom is 0.0995 e. The molecule has 1 saturated heterocycles. The molecule has 1 unspecified atom stereocenters. The van der Waals surface area contributed by atoms with Crippen LogP contribution in [-0.2, 0) is 6.54 Å². The molecule has 90 valence electrons. The molecule has 1 aliphatic heterocycles. The van der Waals surface area contributed by atoms with Crippen LogP contribution in [-0.4, -0.2) is 31.6 Å². The predicted octanol–water partition coefficient (Wildman–Crippen LogP) is 1.60. The molecule has 0 radical (unpaired) electrons. The van der Waals surface area contributed by atoms with Gasteiger partial charge in [0.25, 0.3) is 0 Å². The average Bonchev–Trinajstić information content (AvgIpc) is 2.76. The second-order valence-electron chi connectivity index (χ2n) is 4.82. The van der Waals surface area contributed by atoms with Gasteiger partial charge in [0, 0.05) is 13.1 Å². The molecular weight excluding hydrogens is 210 g/mol. The van der Waals surface area contributed by atoms with Crippen LogP contribution in [0.1, 0.15) is 17.5 Å². The number of rotatable bonds is 4. The van der Waals surface area contributed by atoms with E-state index < -0.39 is 0 Å². The van der Waals surface area contributed by atoms with E-state index in [0.29, 0.717) is 0 Å². The first-order chi connectivity index (χ1) is 8.29. The van der Waals surface area contributed by atoms with Gasteiger partial charge in [0.05, 0.1) is 11.6 Å². The number of benzene rings is 1. The largest absolute Gasteiger partial charge is 0.312 e. The van der Waals surface area contributed by atoms with Gasteiger partial charge in [-0.15, -0.1) is 0 Å². The highest BCUT2D eigenvalue weighted by molar-refractivity contribution is 5.37. The van der Waals surface area contributed by atoms with Gasteiger partial charge in [-0.2, -0.15) is 5.26 Å². The van der Waals surface area contributed by atoms with Crippen LogP contribution in [0.25, 0.3) is 0 Å². The van der Waals surface area contributed by atoms with Crippen molar-refractivity contribution in [2.45, 2.75) is 13.0 Å². The van der Waals surface area contributed by atoms with Crippen molar-refractivity contribution in [3.05, 3.63) is 35.4 Å². The van der Waals surface area contributed by atoms with Crippen LogP contribution >= 0.6 is 0 Å². The molecule has 17 heavy (non-hydrogen) atoms. The monoisotopic (exact) mass is 229 g/mol. The molecular formula is C14H19N3. The van der Waals surface area contributed by atoms with Crippen LogP contribution in [0.3, 0.4) is 0 Å². The van der Waals surface area contributed by atoms with Crippen molar-refractivity contribution in [2.75, 3.05) is 26.7 Å². The fraction of sp³-hybridized carbons (Fsp3) is 0.500. The first-order valence-corrected chi connectivity index (χ1v) is 6.17. The fourth-order valence-corrected chi connectivity index (χ4v) is 2.39. The van der Waals surface area contributed by atoms with Crippen molar-refractivity contribution in [3.8, 4) is 6.07 Å². The SMILES string of the molecule is CN1CCC(CNCc2ccccc2C#N)C1. The maximum atomic E-state index is 8.98. The maximum absolute atomic E-state index is 8.98. The molecule has 0 spiro atoms. The van der Waals surface area contributed by atoms with E-state index in [0.717, 1.165) is 30.1 Å². The third kappa shape index (κ3) is 3.29. The van der Waals surface area contributed by atoms with Crippen molar-refractivity contribution in [3.63, 3.8) is 0 Å². The summed E-state index contributed by atoms with van der Waals surface area (Å²) in [6.45, 7) is 4.24. The molecule has 2 rings (SSSR count). The lowest BCUT2D eigenvalue weighted by atomic mass is 10.1. The fourth-order valence-electron chi connectivity index (χ4n) is 2.39. The molecule has 0 aliphatic carbocycles. The summed E-state index contributed by atoms with van der Waals surface area (Å²) >= 11 is 0. The lowest BCUT2D eigenvalue weighted by Gasteiger charge is -2.12. The third-order valence-corrected chi connectivity index (χ3v) is 3.38. The molecule has 0 bridgehead atoms. The lowest BCUT2D eigenvalue weighted by molar-refractivity contribution is 0.388. The van der Waals surface area contributed by atoms with Crippen molar-refractivity contribution in [2.24, 2.45) is 5.92 Å². The Kier molecular flexibility index (Phi) is 4.13. The topological polar surface area (TPSA) is 39.1 Å². The summed E-state index contributed by atoms with van der Waals surface area (Å²) in [5, 5.41) is 12.4. The van der Waals surface area contributed by atoms with E-state index in [2.05, 4.69) is 23.3 Å². The standard InChI is InChI=1S/C14H19N3/c1-17-7-6-12(11-17)9-16-10-14-5-3-2-4-13(14)8-15/h2-5,12,16H,6-7,9-11H2,1H3. The molecule has 1 atom stereocenters. The Morgan fingerprint density at radius 3 is 3.00 bits per heavy atom. The zero-order chi connectivity index (χ0) is 12.1. The molecule has 0 amide bonds. The average molecular weight is 229 g/mol. The number of likely N-dealkylation sites (tertiary alicyclic amines) is 1. The van der Waals surface area contributed by atoms with Gasteiger partial charge in [-0.1, -0.05) is 18.2 Å².